The third-order valence-electron chi connectivity index (χ3n) is 2.92. The van der Waals surface area contributed by atoms with E-state index in [9.17, 15) is 14.9 Å². The van der Waals surface area contributed by atoms with E-state index in [-0.39, 0.29) is 17.6 Å². The molecule has 6 nitrogen and oxygen atoms in total. The first-order chi connectivity index (χ1) is 9.53. The Kier molecular flexibility index (Phi) is 6.30. The number of anilines is 1. The largest absolute Gasteiger partial charge is 0.383 e. The van der Waals surface area contributed by atoms with Crippen molar-refractivity contribution in [3.63, 3.8) is 0 Å². The highest BCUT2D eigenvalue weighted by atomic mass is 32.2. The van der Waals surface area contributed by atoms with E-state index in [2.05, 4.69) is 10.6 Å². The zero-order chi connectivity index (χ0) is 15.1. The van der Waals surface area contributed by atoms with E-state index in [0.717, 1.165) is 12.2 Å². The molecule has 0 aliphatic rings. The number of thioether (sulfide) groups is 1. The Bertz CT molecular complexity index is 494. The van der Waals surface area contributed by atoms with Gasteiger partial charge in [0, 0.05) is 30.5 Å². The highest BCUT2D eigenvalue weighted by Gasteiger charge is 2.17. The lowest BCUT2D eigenvalue weighted by molar-refractivity contribution is -0.383. The summed E-state index contributed by atoms with van der Waals surface area (Å²) in [4.78, 5) is 22.5. The van der Waals surface area contributed by atoms with Gasteiger partial charge in [-0.25, -0.2) is 0 Å². The van der Waals surface area contributed by atoms with E-state index in [1.54, 1.807) is 18.8 Å². The molecule has 110 valence electrons. The third kappa shape index (κ3) is 4.12. The summed E-state index contributed by atoms with van der Waals surface area (Å²) in [5, 5.41) is 16.5. The minimum atomic E-state index is -0.476. The first-order valence-corrected chi connectivity index (χ1v) is 7.68. The molecule has 0 heterocycles. The molecule has 0 aliphatic heterocycles. The molecule has 0 spiro atoms. The van der Waals surface area contributed by atoms with Crippen LogP contribution in [0.4, 0.5) is 11.4 Å². The van der Waals surface area contributed by atoms with Crippen molar-refractivity contribution >= 4 is 29.0 Å². The fourth-order valence-electron chi connectivity index (χ4n) is 1.77. The van der Waals surface area contributed by atoms with Gasteiger partial charge in [0.25, 0.3) is 11.6 Å². The summed E-state index contributed by atoms with van der Waals surface area (Å²) in [5.74, 6) is 0.631. The lowest BCUT2D eigenvalue weighted by Crippen LogP contribution is -2.36. The number of hydrogen-bond donors (Lipinski definition) is 2. The van der Waals surface area contributed by atoms with Crippen molar-refractivity contribution in [3.8, 4) is 0 Å². The van der Waals surface area contributed by atoms with Crippen LogP contribution in [-0.4, -0.2) is 35.9 Å². The van der Waals surface area contributed by atoms with Gasteiger partial charge in [0.05, 0.1) is 4.92 Å². The third-order valence-corrected chi connectivity index (χ3v) is 3.66. The SMILES string of the molecule is CCC(CSC)NC(=O)c1ccc([N+](=O)[O-])c(NC)c1. The summed E-state index contributed by atoms with van der Waals surface area (Å²) in [5.41, 5.74) is 0.709. The fourth-order valence-corrected chi connectivity index (χ4v) is 2.49. The van der Waals surface area contributed by atoms with Crippen LogP contribution in [0.2, 0.25) is 0 Å². The Balaban J connectivity index is 2.91. The van der Waals surface area contributed by atoms with Gasteiger partial charge in [0.2, 0.25) is 0 Å². The summed E-state index contributed by atoms with van der Waals surface area (Å²) in [7, 11) is 1.59. The second kappa shape index (κ2) is 7.74. The van der Waals surface area contributed by atoms with Crippen LogP contribution in [0.3, 0.4) is 0 Å². The van der Waals surface area contributed by atoms with Gasteiger partial charge in [0.15, 0.2) is 0 Å². The molecule has 2 N–H and O–H groups in total. The standard InChI is InChI=1S/C13H19N3O3S/c1-4-10(8-20-3)15-13(17)9-5-6-12(16(18)19)11(7-9)14-2/h5-7,10,14H,4,8H2,1-3H3,(H,15,17). The van der Waals surface area contributed by atoms with Crippen LogP contribution in [0.25, 0.3) is 0 Å². The van der Waals surface area contributed by atoms with Crippen LogP contribution < -0.4 is 10.6 Å². The molecule has 0 aliphatic carbocycles. The number of benzene rings is 1. The van der Waals surface area contributed by atoms with E-state index in [1.807, 2.05) is 13.2 Å². The normalized spacial score (nSPS) is 11.8. The van der Waals surface area contributed by atoms with Crippen molar-refractivity contribution < 1.29 is 9.72 Å². The number of hydrogen-bond acceptors (Lipinski definition) is 5. The highest BCUT2D eigenvalue weighted by molar-refractivity contribution is 7.98. The summed E-state index contributed by atoms with van der Waals surface area (Å²) in [6, 6.07) is 4.42. The maximum Gasteiger partial charge on any atom is 0.292 e. The van der Waals surface area contributed by atoms with Gasteiger partial charge in [-0.15, -0.1) is 0 Å². The number of carbonyl (C=O) groups excluding carboxylic acids is 1. The van der Waals surface area contributed by atoms with Gasteiger partial charge in [-0.2, -0.15) is 11.8 Å². The predicted octanol–water partition coefficient (Wildman–Crippen LogP) is 2.51. The molecule has 1 aromatic rings. The topological polar surface area (TPSA) is 84.3 Å². The van der Waals surface area contributed by atoms with Crippen molar-refractivity contribution in [1.82, 2.24) is 5.32 Å². The lowest BCUT2D eigenvalue weighted by atomic mass is 10.1. The molecule has 1 aromatic carbocycles. The molecule has 1 rings (SSSR count). The number of nitro groups is 1. The first-order valence-electron chi connectivity index (χ1n) is 6.29. The summed E-state index contributed by atoms with van der Waals surface area (Å²) in [6.45, 7) is 2.01. The van der Waals surface area contributed by atoms with E-state index in [0.29, 0.717) is 11.3 Å². The zero-order valence-electron chi connectivity index (χ0n) is 11.8. The Morgan fingerprint density at radius 2 is 2.20 bits per heavy atom. The minimum Gasteiger partial charge on any atom is -0.383 e. The van der Waals surface area contributed by atoms with Gasteiger partial charge in [-0.3, -0.25) is 14.9 Å². The molecule has 0 fully saturated rings. The smallest absolute Gasteiger partial charge is 0.292 e. The Hall–Kier alpha value is -1.76. The number of nitrogens with zero attached hydrogens (tertiary/aromatic N) is 1. The van der Waals surface area contributed by atoms with Crippen molar-refractivity contribution in [3.05, 3.63) is 33.9 Å². The van der Waals surface area contributed by atoms with Crippen LogP contribution in [0, 0.1) is 10.1 Å². The molecule has 20 heavy (non-hydrogen) atoms. The molecule has 1 amide bonds. The monoisotopic (exact) mass is 297 g/mol. The highest BCUT2D eigenvalue weighted by Crippen LogP contribution is 2.24. The number of rotatable bonds is 7. The second-order valence-corrected chi connectivity index (χ2v) is 5.18. The molecule has 0 saturated carbocycles. The second-order valence-electron chi connectivity index (χ2n) is 4.27. The number of nitro benzene ring substituents is 1. The van der Waals surface area contributed by atoms with Gasteiger partial charge >= 0.3 is 0 Å². The Morgan fingerprint density at radius 3 is 2.70 bits per heavy atom. The number of nitrogens with one attached hydrogen (secondary N) is 2. The maximum atomic E-state index is 12.1. The van der Waals surface area contributed by atoms with Crippen molar-refractivity contribution in [2.75, 3.05) is 24.4 Å². The van der Waals surface area contributed by atoms with Crippen LogP contribution in [0.5, 0.6) is 0 Å². The lowest BCUT2D eigenvalue weighted by Gasteiger charge is -2.16. The van der Waals surface area contributed by atoms with Crippen LogP contribution in [0.15, 0.2) is 18.2 Å². The summed E-state index contributed by atoms with van der Waals surface area (Å²) >= 11 is 1.67. The zero-order valence-corrected chi connectivity index (χ0v) is 12.6. The minimum absolute atomic E-state index is 0.0415. The average Bonchev–Trinajstić information content (AvgIpc) is 2.45. The number of carbonyl (C=O) groups is 1. The molecular weight excluding hydrogens is 278 g/mol. The molecule has 0 bridgehead atoms. The molecule has 0 saturated heterocycles. The first kappa shape index (κ1) is 16.3. The van der Waals surface area contributed by atoms with Crippen LogP contribution in [0.1, 0.15) is 23.7 Å². The van der Waals surface area contributed by atoms with Crippen molar-refractivity contribution in [2.45, 2.75) is 19.4 Å². The van der Waals surface area contributed by atoms with E-state index in [1.165, 1.54) is 18.2 Å². The van der Waals surface area contributed by atoms with E-state index in [4.69, 9.17) is 0 Å². The van der Waals surface area contributed by atoms with E-state index < -0.39 is 4.92 Å². The molecule has 1 unspecified atom stereocenters. The molecule has 1 atom stereocenters. The van der Waals surface area contributed by atoms with Crippen LogP contribution in [-0.2, 0) is 0 Å². The fraction of sp³-hybridized carbons (Fsp3) is 0.462. The van der Waals surface area contributed by atoms with E-state index >= 15 is 0 Å². The van der Waals surface area contributed by atoms with Gasteiger partial charge in [0.1, 0.15) is 5.69 Å². The average molecular weight is 297 g/mol. The summed E-state index contributed by atoms with van der Waals surface area (Å²) in [6.07, 6.45) is 2.83. The van der Waals surface area contributed by atoms with Crippen molar-refractivity contribution in [2.24, 2.45) is 0 Å². The maximum absolute atomic E-state index is 12.1. The van der Waals surface area contributed by atoms with Gasteiger partial charge in [-0.05, 0) is 24.8 Å². The van der Waals surface area contributed by atoms with Gasteiger partial charge in [-0.1, -0.05) is 6.92 Å². The predicted molar refractivity (Wildman–Crippen MR) is 82.6 cm³/mol. The Labute approximate surface area is 122 Å². The molecule has 0 radical (unpaired) electrons. The Morgan fingerprint density at radius 1 is 1.50 bits per heavy atom. The van der Waals surface area contributed by atoms with Crippen molar-refractivity contribution in [1.29, 1.82) is 0 Å². The van der Waals surface area contributed by atoms with Gasteiger partial charge < -0.3 is 10.6 Å². The summed E-state index contributed by atoms with van der Waals surface area (Å²) < 4.78 is 0. The number of amides is 1. The van der Waals surface area contributed by atoms with Crippen LogP contribution >= 0.6 is 11.8 Å². The molecule has 0 aromatic heterocycles. The quantitative estimate of drug-likeness (QED) is 0.596. The molecule has 7 heteroatoms. The molecular formula is C13H19N3O3S.